The Bertz CT molecular complexity index is 632. The van der Waals surface area contributed by atoms with Gasteiger partial charge in [0.05, 0.1) is 5.69 Å². The summed E-state index contributed by atoms with van der Waals surface area (Å²) in [6.07, 6.45) is 7.52. The first-order valence-electron chi connectivity index (χ1n) is 7.61. The van der Waals surface area contributed by atoms with E-state index in [2.05, 4.69) is 20.3 Å². The molecule has 0 aliphatic heterocycles. The molecule has 0 unspecified atom stereocenters. The van der Waals surface area contributed by atoms with Crippen molar-refractivity contribution in [3.05, 3.63) is 16.9 Å². The minimum absolute atomic E-state index is 0.211. The second-order valence-electron chi connectivity index (χ2n) is 5.60. The number of nitrogens with two attached hydrogens (primary N) is 1. The van der Waals surface area contributed by atoms with Gasteiger partial charge in [0, 0.05) is 4.88 Å². The van der Waals surface area contributed by atoms with Gasteiger partial charge in [-0.25, -0.2) is 9.97 Å². The quantitative estimate of drug-likeness (QED) is 0.895. The SMILES string of the molecule is Cc1nc(Nc2ncnc(OC3CCCCC3)c2N)sc1C. The fourth-order valence-electron chi connectivity index (χ4n) is 2.54. The minimum Gasteiger partial charge on any atom is -0.473 e. The maximum atomic E-state index is 6.16. The van der Waals surface area contributed by atoms with E-state index in [1.165, 1.54) is 30.5 Å². The van der Waals surface area contributed by atoms with Crippen molar-refractivity contribution >= 4 is 28.0 Å². The highest BCUT2D eigenvalue weighted by Crippen LogP contribution is 2.32. The van der Waals surface area contributed by atoms with Crippen LogP contribution in [0.1, 0.15) is 42.7 Å². The molecule has 0 amide bonds. The van der Waals surface area contributed by atoms with Crippen molar-refractivity contribution in [2.24, 2.45) is 0 Å². The van der Waals surface area contributed by atoms with Gasteiger partial charge in [-0.2, -0.15) is 4.98 Å². The number of aromatic nitrogens is 3. The van der Waals surface area contributed by atoms with Gasteiger partial charge < -0.3 is 15.8 Å². The normalized spacial score (nSPS) is 15.7. The van der Waals surface area contributed by atoms with Crippen molar-refractivity contribution in [1.29, 1.82) is 0 Å². The number of hydrogen-bond donors (Lipinski definition) is 2. The second-order valence-corrected chi connectivity index (χ2v) is 6.81. The van der Waals surface area contributed by atoms with Gasteiger partial charge in [0.2, 0.25) is 5.88 Å². The lowest BCUT2D eigenvalue weighted by atomic mass is 9.98. The zero-order chi connectivity index (χ0) is 15.5. The van der Waals surface area contributed by atoms with Crippen LogP contribution in [0.3, 0.4) is 0 Å². The highest BCUT2D eigenvalue weighted by molar-refractivity contribution is 7.15. The number of nitrogen functional groups attached to an aromatic ring is 1. The molecule has 0 saturated heterocycles. The zero-order valence-corrected chi connectivity index (χ0v) is 13.7. The summed E-state index contributed by atoms with van der Waals surface area (Å²) < 4.78 is 5.96. The number of nitrogens with zero attached hydrogens (tertiary/aromatic N) is 3. The van der Waals surface area contributed by atoms with Crippen LogP contribution in [0, 0.1) is 13.8 Å². The van der Waals surface area contributed by atoms with Crippen LogP contribution in [0.25, 0.3) is 0 Å². The van der Waals surface area contributed by atoms with Crippen molar-refractivity contribution in [1.82, 2.24) is 15.0 Å². The topological polar surface area (TPSA) is 86.0 Å². The van der Waals surface area contributed by atoms with Gasteiger partial charge in [-0.05, 0) is 39.5 Å². The average molecular weight is 319 g/mol. The lowest BCUT2D eigenvalue weighted by molar-refractivity contribution is 0.149. The molecule has 1 fully saturated rings. The van der Waals surface area contributed by atoms with Gasteiger partial charge in [0.25, 0.3) is 0 Å². The van der Waals surface area contributed by atoms with Gasteiger partial charge in [-0.3, -0.25) is 0 Å². The number of ether oxygens (including phenoxy) is 1. The molecule has 0 bridgehead atoms. The van der Waals surface area contributed by atoms with Crippen molar-refractivity contribution in [3.63, 3.8) is 0 Å². The molecule has 3 rings (SSSR count). The lowest BCUT2D eigenvalue weighted by Crippen LogP contribution is -2.21. The third-order valence-electron chi connectivity index (χ3n) is 3.93. The van der Waals surface area contributed by atoms with Crippen LogP contribution in [-0.4, -0.2) is 21.1 Å². The van der Waals surface area contributed by atoms with Crippen LogP contribution in [0.15, 0.2) is 6.33 Å². The molecule has 1 saturated carbocycles. The van der Waals surface area contributed by atoms with Gasteiger partial charge in [-0.15, -0.1) is 11.3 Å². The van der Waals surface area contributed by atoms with Crippen molar-refractivity contribution in [3.8, 4) is 5.88 Å². The summed E-state index contributed by atoms with van der Waals surface area (Å²) in [4.78, 5) is 14.0. The summed E-state index contributed by atoms with van der Waals surface area (Å²) in [6.45, 7) is 4.02. The molecule has 0 atom stereocenters. The molecule has 3 N–H and O–H groups in total. The molecule has 22 heavy (non-hydrogen) atoms. The fourth-order valence-corrected chi connectivity index (χ4v) is 3.35. The van der Waals surface area contributed by atoms with Crippen molar-refractivity contribution in [2.45, 2.75) is 52.1 Å². The van der Waals surface area contributed by atoms with Crippen molar-refractivity contribution in [2.75, 3.05) is 11.1 Å². The Morgan fingerprint density at radius 2 is 2.00 bits per heavy atom. The Hall–Kier alpha value is -1.89. The van der Waals surface area contributed by atoms with Crippen LogP contribution >= 0.6 is 11.3 Å². The van der Waals surface area contributed by atoms with E-state index in [9.17, 15) is 0 Å². The molecule has 2 aromatic rings. The molecule has 2 aromatic heterocycles. The van der Waals surface area contributed by atoms with E-state index in [0.29, 0.717) is 17.4 Å². The van der Waals surface area contributed by atoms with Crippen LogP contribution in [0.2, 0.25) is 0 Å². The van der Waals surface area contributed by atoms with Gasteiger partial charge in [0.15, 0.2) is 10.9 Å². The largest absolute Gasteiger partial charge is 0.473 e. The van der Waals surface area contributed by atoms with E-state index in [1.807, 2.05) is 13.8 Å². The Kier molecular flexibility index (Phi) is 4.42. The van der Waals surface area contributed by atoms with Crippen LogP contribution < -0.4 is 15.8 Å². The molecule has 2 heterocycles. The Balaban J connectivity index is 1.76. The maximum Gasteiger partial charge on any atom is 0.242 e. The van der Waals surface area contributed by atoms with E-state index < -0.39 is 0 Å². The van der Waals surface area contributed by atoms with Gasteiger partial charge >= 0.3 is 0 Å². The average Bonchev–Trinajstić information content (AvgIpc) is 2.83. The lowest BCUT2D eigenvalue weighted by Gasteiger charge is -2.23. The third kappa shape index (κ3) is 3.30. The number of thiazole rings is 1. The Morgan fingerprint density at radius 1 is 1.23 bits per heavy atom. The number of rotatable bonds is 4. The summed E-state index contributed by atoms with van der Waals surface area (Å²) in [7, 11) is 0. The smallest absolute Gasteiger partial charge is 0.242 e. The summed E-state index contributed by atoms with van der Waals surface area (Å²) in [5.74, 6) is 1.02. The van der Waals surface area contributed by atoms with Crippen LogP contribution in [-0.2, 0) is 0 Å². The van der Waals surface area contributed by atoms with E-state index in [4.69, 9.17) is 10.5 Å². The molecule has 1 aliphatic rings. The molecular formula is C15H21N5OS. The standard InChI is InChI=1S/C15H21N5OS/c1-9-10(2)22-15(19-9)20-13-12(16)14(18-8-17-13)21-11-6-4-3-5-7-11/h8,11H,3-7,16H2,1-2H3,(H,17,18,19,20). The van der Waals surface area contributed by atoms with Crippen LogP contribution in [0.5, 0.6) is 5.88 Å². The van der Waals surface area contributed by atoms with E-state index in [0.717, 1.165) is 23.7 Å². The van der Waals surface area contributed by atoms with Crippen molar-refractivity contribution < 1.29 is 4.74 Å². The van der Waals surface area contributed by atoms with Gasteiger partial charge in [-0.1, -0.05) is 6.42 Å². The minimum atomic E-state index is 0.211. The van der Waals surface area contributed by atoms with E-state index >= 15 is 0 Å². The van der Waals surface area contributed by atoms with E-state index in [-0.39, 0.29) is 6.10 Å². The fraction of sp³-hybridized carbons (Fsp3) is 0.533. The number of anilines is 3. The first kappa shape index (κ1) is 15.0. The molecule has 0 radical (unpaired) electrons. The zero-order valence-electron chi connectivity index (χ0n) is 12.9. The summed E-state index contributed by atoms with van der Waals surface area (Å²) >= 11 is 1.58. The maximum absolute atomic E-state index is 6.16. The summed E-state index contributed by atoms with van der Waals surface area (Å²) in [5.41, 5.74) is 7.61. The molecule has 118 valence electrons. The Labute approximate surface area is 134 Å². The predicted octanol–water partition coefficient (Wildman–Crippen LogP) is 3.59. The molecule has 7 heteroatoms. The highest BCUT2D eigenvalue weighted by Gasteiger charge is 2.18. The first-order chi connectivity index (χ1) is 10.6. The second kappa shape index (κ2) is 6.48. The van der Waals surface area contributed by atoms with Crippen LogP contribution in [0.4, 0.5) is 16.6 Å². The van der Waals surface area contributed by atoms with E-state index in [1.54, 1.807) is 11.3 Å². The molecule has 0 aromatic carbocycles. The molecule has 6 nitrogen and oxygen atoms in total. The molecular weight excluding hydrogens is 298 g/mol. The third-order valence-corrected chi connectivity index (χ3v) is 4.92. The number of hydrogen-bond acceptors (Lipinski definition) is 7. The number of nitrogens with one attached hydrogen (secondary N) is 1. The number of aryl methyl sites for hydroxylation is 2. The Morgan fingerprint density at radius 3 is 2.68 bits per heavy atom. The first-order valence-corrected chi connectivity index (χ1v) is 8.43. The molecule has 1 aliphatic carbocycles. The summed E-state index contributed by atoms with van der Waals surface area (Å²) in [5, 5.41) is 3.94. The predicted molar refractivity (Wildman–Crippen MR) is 88.8 cm³/mol. The summed E-state index contributed by atoms with van der Waals surface area (Å²) in [6, 6.07) is 0. The monoisotopic (exact) mass is 319 g/mol. The highest BCUT2D eigenvalue weighted by atomic mass is 32.1. The molecule has 0 spiro atoms. The van der Waals surface area contributed by atoms with Gasteiger partial charge in [0.1, 0.15) is 18.1 Å².